The lowest BCUT2D eigenvalue weighted by Gasteiger charge is -2.12. The monoisotopic (exact) mass is 339 g/mol. The summed E-state index contributed by atoms with van der Waals surface area (Å²) in [6.07, 6.45) is 0.936. The molecule has 0 saturated carbocycles. The van der Waals surface area contributed by atoms with Gasteiger partial charge in [0, 0.05) is 6.54 Å². The fourth-order valence-electron chi connectivity index (χ4n) is 2.78. The highest BCUT2D eigenvalue weighted by Gasteiger charge is 2.17. The van der Waals surface area contributed by atoms with E-state index in [9.17, 15) is 4.79 Å². The summed E-state index contributed by atoms with van der Waals surface area (Å²) in [5, 5.41) is 2.90. The van der Waals surface area contributed by atoms with Gasteiger partial charge in [-0.25, -0.2) is 4.98 Å². The molecule has 1 amide bonds. The zero-order valence-corrected chi connectivity index (χ0v) is 14.6. The van der Waals surface area contributed by atoms with E-state index in [1.807, 2.05) is 28.8 Å². The number of rotatable bonds is 6. The van der Waals surface area contributed by atoms with Gasteiger partial charge >= 0.3 is 0 Å². The zero-order chi connectivity index (χ0) is 17.8. The zero-order valence-electron chi connectivity index (χ0n) is 14.6. The third-order valence-electron chi connectivity index (χ3n) is 3.98. The molecule has 3 rings (SSSR count). The summed E-state index contributed by atoms with van der Waals surface area (Å²) in [6.45, 7) is 2.86. The van der Waals surface area contributed by atoms with E-state index in [4.69, 9.17) is 9.47 Å². The first kappa shape index (κ1) is 16.8. The molecule has 2 aromatic carbocycles. The van der Waals surface area contributed by atoms with E-state index in [0.29, 0.717) is 23.0 Å². The molecule has 6 heteroatoms. The van der Waals surface area contributed by atoms with Gasteiger partial charge < -0.3 is 14.0 Å². The van der Waals surface area contributed by atoms with Crippen molar-refractivity contribution in [1.82, 2.24) is 9.55 Å². The number of nitrogens with zero attached hydrogens (tertiary/aromatic N) is 2. The molecular formula is C19H21N3O3. The van der Waals surface area contributed by atoms with E-state index in [1.165, 1.54) is 7.11 Å². The third-order valence-corrected chi connectivity index (χ3v) is 3.98. The van der Waals surface area contributed by atoms with Gasteiger partial charge in [-0.3, -0.25) is 10.1 Å². The summed E-state index contributed by atoms with van der Waals surface area (Å²) < 4.78 is 12.5. The number of hydrogen-bond donors (Lipinski definition) is 1. The summed E-state index contributed by atoms with van der Waals surface area (Å²) in [7, 11) is 3.09. The number of carbonyl (C=O) groups excluding carboxylic acids is 1. The fraction of sp³-hybridized carbons (Fsp3) is 0.263. The molecule has 1 N–H and O–H groups in total. The van der Waals surface area contributed by atoms with Crippen LogP contribution in [0.2, 0.25) is 0 Å². The van der Waals surface area contributed by atoms with Gasteiger partial charge in [0.1, 0.15) is 11.5 Å². The number of amides is 1. The SMILES string of the molecule is CCCn1c(NC(=O)c2cc(OC)ccc2OC)nc2ccccc21. The Bertz CT molecular complexity index is 902. The van der Waals surface area contributed by atoms with Crippen LogP contribution in [0.5, 0.6) is 11.5 Å². The highest BCUT2D eigenvalue weighted by Crippen LogP contribution is 2.26. The van der Waals surface area contributed by atoms with Gasteiger partial charge in [-0.1, -0.05) is 19.1 Å². The molecule has 0 unspecified atom stereocenters. The van der Waals surface area contributed by atoms with Crippen molar-refractivity contribution in [2.45, 2.75) is 19.9 Å². The van der Waals surface area contributed by atoms with Crippen LogP contribution in [0.15, 0.2) is 42.5 Å². The lowest BCUT2D eigenvalue weighted by molar-refractivity contribution is 0.102. The maximum absolute atomic E-state index is 12.8. The number of anilines is 1. The van der Waals surface area contributed by atoms with Crippen molar-refractivity contribution in [2.75, 3.05) is 19.5 Å². The van der Waals surface area contributed by atoms with Crippen molar-refractivity contribution in [3.8, 4) is 11.5 Å². The van der Waals surface area contributed by atoms with Crippen LogP contribution in [-0.2, 0) is 6.54 Å². The Morgan fingerprint density at radius 3 is 2.68 bits per heavy atom. The van der Waals surface area contributed by atoms with Crippen LogP contribution in [0.1, 0.15) is 23.7 Å². The van der Waals surface area contributed by atoms with Crippen molar-refractivity contribution in [3.63, 3.8) is 0 Å². The molecule has 3 aromatic rings. The van der Waals surface area contributed by atoms with Crippen molar-refractivity contribution < 1.29 is 14.3 Å². The lowest BCUT2D eigenvalue weighted by atomic mass is 10.1. The molecule has 0 aliphatic carbocycles. The summed E-state index contributed by atoms with van der Waals surface area (Å²) in [6, 6.07) is 12.9. The molecule has 0 fully saturated rings. The minimum atomic E-state index is -0.289. The average molecular weight is 339 g/mol. The Hall–Kier alpha value is -3.02. The largest absolute Gasteiger partial charge is 0.497 e. The van der Waals surface area contributed by atoms with Gasteiger partial charge in [0.05, 0.1) is 30.8 Å². The number of imidazole rings is 1. The number of carbonyl (C=O) groups is 1. The molecule has 130 valence electrons. The number of fused-ring (bicyclic) bond motifs is 1. The van der Waals surface area contributed by atoms with Crippen molar-refractivity contribution in [2.24, 2.45) is 0 Å². The van der Waals surface area contributed by atoms with Gasteiger partial charge in [-0.2, -0.15) is 0 Å². The first-order valence-corrected chi connectivity index (χ1v) is 8.16. The highest BCUT2D eigenvalue weighted by atomic mass is 16.5. The molecule has 6 nitrogen and oxygen atoms in total. The number of hydrogen-bond acceptors (Lipinski definition) is 4. The Morgan fingerprint density at radius 1 is 1.16 bits per heavy atom. The van der Waals surface area contributed by atoms with Gasteiger partial charge in [0.15, 0.2) is 0 Å². The Balaban J connectivity index is 1.98. The predicted octanol–water partition coefficient (Wildman–Crippen LogP) is 3.72. The molecule has 0 spiro atoms. The van der Waals surface area contributed by atoms with E-state index < -0.39 is 0 Å². The summed E-state index contributed by atoms with van der Waals surface area (Å²) in [4.78, 5) is 17.3. The van der Waals surface area contributed by atoms with Gasteiger partial charge in [-0.15, -0.1) is 0 Å². The molecule has 25 heavy (non-hydrogen) atoms. The van der Waals surface area contributed by atoms with Gasteiger partial charge in [0.25, 0.3) is 5.91 Å². The lowest BCUT2D eigenvalue weighted by Crippen LogP contribution is -2.17. The average Bonchev–Trinajstić information content (AvgIpc) is 2.98. The van der Waals surface area contributed by atoms with Crippen LogP contribution >= 0.6 is 0 Å². The number of benzene rings is 2. The number of nitrogens with one attached hydrogen (secondary N) is 1. The molecule has 1 aromatic heterocycles. The summed E-state index contributed by atoms with van der Waals surface area (Å²) in [5.74, 6) is 1.31. The number of para-hydroxylation sites is 2. The van der Waals surface area contributed by atoms with Crippen LogP contribution in [0, 0.1) is 0 Å². The molecule has 0 radical (unpaired) electrons. The van der Waals surface area contributed by atoms with E-state index in [1.54, 1.807) is 25.3 Å². The molecule has 1 heterocycles. The Kier molecular flexibility index (Phi) is 4.88. The fourth-order valence-corrected chi connectivity index (χ4v) is 2.78. The molecule has 0 saturated heterocycles. The molecule has 0 aliphatic rings. The minimum absolute atomic E-state index is 0.289. The standard InChI is InChI=1S/C19H21N3O3/c1-4-11-22-16-8-6-5-7-15(16)20-19(22)21-18(23)14-12-13(24-2)9-10-17(14)25-3/h5-10,12H,4,11H2,1-3H3,(H,20,21,23). The number of aryl methyl sites for hydroxylation is 1. The van der Waals surface area contributed by atoms with Crippen LogP contribution in [0.3, 0.4) is 0 Å². The number of ether oxygens (including phenoxy) is 2. The second-order valence-electron chi connectivity index (χ2n) is 5.60. The normalized spacial score (nSPS) is 10.7. The third kappa shape index (κ3) is 3.28. The maximum Gasteiger partial charge on any atom is 0.261 e. The number of aromatic nitrogens is 2. The number of methoxy groups -OCH3 is 2. The topological polar surface area (TPSA) is 65.4 Å². The first-order valence-electron chi connectivity index (χ1n) is 8.16. The van der Waals surface area contributed by atoms with Crippen LogP contribution < -0.4 is 14.8 Å². The molecule has 0 bridgehead atoms. The van der Waals surface area contributed by atoms with E-state index in [0.717, 1.165) is 24.0 Å². The van der Waals surface area contributed by atoms with Crippen LogP contribution in [0.25, 0.3) is 11.0 Å². The van der Waals surface area contributed by atoms with Gasteiger partial charge in [-0.05, 0) is 36.8 Å². The second kappa shape index (κ2) is 7.25. The van der Waals surface area contributed by atoms with Crippen molar-refractivity contribution >= 4 is 22.9 Å². The van der Waals surface area contributed by atoms with E-state index >= 15 is 0 Å². The summed E-state index contributed by atoms with van der Waals surface area (Å²) >= 11 is 0. The second-order valence-corrected chi connectivity index (χ2v) is 5.60. The smallest absolute Gasteiger partial charge is 0.261 e. The van der Waals surface area contributed by atoms with Crippen molar-refractivity contribution in [3.05, 3.63) is 48.0 Å². The quantitative estimate of drug-likeness (QED) is 0.743. The highest BCUT2D eigenvalue weighted by molar-refractivity contribution is 6.06. The Morgan fingerprint density at radius 2 is 1.96 bits per heavy atom. The predicted molar refractivity (Wildman–Crippen MR) is 97.5 cm³/mol. The molecule has 0 atom stereocenters. The maximum atomic E-state index is 12.8. The summed E-state index contributed by atoms with van der Waals surface area (Å²) in [5.41, 5.74) is 2.25. The van der Waals surface area contributed by atoms with Crippen LogP contribution in [-0.4, -0.2) is 29.7 Å². The van der Waals surface area contributed by atoms with E-state index in [2.05, 4.69) is 17.2 Å². The first-order chi connectivity index (χ1) is 12.2. The minimum Gasteiger partial charge on any atom is -0.497 e. The van der Waals surface area contributed by atoms with E-state index in [-0.39, 0.29) is 5.91 Å². The van der Waals surface area contributed by atoms with Crippen molar-refractivity contribution in [1.29, 1.82) is 0 Å². The molecule has 0 aliphatic heterocycles. The van der Waals surface area contributed by atoms with Gasteiger partial charge in [0.2, 0.25) is 5.95 Å². The van der Waals surface area contributed by atoms with Crippen LogP contribution in [0.4, 0.5) is 5.95 Å². The molecular weight excluding hydrogens is 318 g/mol. The Labute approximate surface area is 146 Å².